The molecule has 0 atom stereocenters. The largest absolute Gasteiger partial charge is 0.472 e. The number of hydrogen-bond acceptors (Lipinski definition) is 12. The summed E-state index contributed by atoms with van der Waals surface area (Å²) in [5.74, 6) is 0. The van der Waals surface area contributed by atoms with Gasteiger partial charge in [-0.25, -0.2) is 19.9 Å². The molecule has 0 N–H and O–H groups in total. The van der Waals surface area contributed by atoms with Crippen molar-refractivity contribution in [1.29, 1.82) is 0 Å². The second kappa shape index (κ2) is 26.6. The van der Waals surface area contributed by atoms with Gasteiger partial charge in [-0.3, -0.25) is 0 Å². The smallest absolute Gasteiger partial charge is 0.179 e. The normalized spacial score (nSPS) is 11.3. The summed E-state index contributed by atoms with van der Waals surface area (Å²) in [6, 6.07) is 36.2. The molecule has 8 aromatic heterocycles. The quantitative estimate of drug-likeness (QED) is 0.0299. The summed E-state index contributed by atoms with van der Waals surface area (Å²) in [7, 11) is 0. The van der Waals surface area contributed by atoms with Gasteiger partial charge in [0.05, 0.1) is 61.5 Å². The van der Waals surface area contributed by atoms with Crippen molar-refractivity contribution >= 4 is 106 Å². The third kappa shape index (κ3) is 13.6. The number of aromatic nitrogens is 4. The summed E-state index contributed by atoms with van der Waals surface area (Å²) >= 11 is 7.47. The molecule has 10 rings (SSSR count). The molecule has 0 aliphatic carbocycles. The molecule has 10 nitrogen and oxygen atoms in total. The van der Waals surface area contributed by atoms with Crippen LogP contribution in [0.3, 0.4) is 0 Å². The maximum Gasteiger partial charge on any atom is 0.179 e. The number of benzene rings is 2. The molecule has 362 valence electrons. The van der Waals surface area contributed by atoms with Crippen molar-refractivity contribution in [2.75, 3.05) is 0 Å². The van der Waals surface area contributed by atoms with Crippen LogP contribution in [0.1, 0.15) is 59.3 Å². The van der Waals surface area contributed by atoms with Crippen LogP contribution in [0.4, 0.5) is 0 Å². The Bertz CT molecular complexity index is 3020. The maximum absolute atomic E-state index is 5.52. The zero-order valence-electron chi connectivity index (χ0n) is 39.3. The topological polar surface area (TPSA) is 98.8 Å². The summed E-state index contributed by atoms with van der Waals surface area (Å²) in [5.41, 5.74) is 6.19. The molecule has 0 radical (unpaired) electrons. The summed E-state index contributed by atoms with van der Waals surface area (Å²) in [5, 5.41) is 6.25. The van der Waals surface area contributed by atoms with Crippen LogP contribution in [-0.4, -0.2) is 37.8 Å². The van der Waals surface area contributed by atoms with Crippen LogP contribution in [-0.2, 0) is 8.67 Å². The Labute approximate surface area is 438 Å². The molecule has 0 aliphatic rings. The van der Waals surface area contributed by atoms with Gasteiger partial charge < -0.3 is 8.83 Å². The van der Waals surface area contributed by atoms with E-state index in [1.807, 2.05) is 106 Å². The number of pyridine rings is 2. The Hall–Kier alpha value is -4.72. The number of rotatable bonds is 21. The van der Waals surface area contributed by atoms with Gasteiger partial charge in [0.1, 0.15) is 0 Å². The summed E-state index contributed by atoms with van der Waals surface area (Å²) in [6.07, 6.45) is 22.5. The molecule has 0 amide bonds. The van der Waals surface area contributed by atoms with E-state index in [1.165, 1.54) is 48.0 Å². The van der Waals surface area contributed by atoms with Crippen molar-refractivity contribution in [2.45, 2.75) is 82.4 Å². The fourth-order valence-corrected chi connectivity index (χ4v) is 29.9. The number of thiophene rings is 2. The van der Waals surface area contributed by atoms with Crippen LogP contribution in [0, 0.1) is 0 Å². The molecule has 16 heteroatoms. The molecule has 0 fully saturated rings. The number of nitrogens with zero attached hydrogens (tertiary/aromatic N) is 4. The van der Waals surface area contributed by atoms with Crippen LogP contribution in [0.15, 0.2) is 193 Å². The zero-order chi connectivity index (χ0) is 48.4. The minimum atomic E-state index is -2.01. The molecular formula is C54H55BrN4O6S4Sn. The molecule has 70 heavy (non-hydrogen) atoms. The number of halogens is 1. The Kier molecular flexibility index (Phi) is 19.7. The van der Waals surface area contributed by atoms with Gasteiger partial charge in [-0.2, -0.15) is 0 Å². The van der Waals surface area contributed by atoms with Crippen molar-refractivity contribution in [3.05, 3.63) is 174 Å². The predicted molar refractivity (Wildman–Crippen MR) is 295 cm³/mol. The van der Waals surface area contributed by atoms with E-state index in [0.717, 1.165) is 81.8 Å². The average Bonchev–Trinajstić information content (AvgIpc) is 4.26. The van der Waals surface area contributed by atoms with Crippen molar-refractivity contribution in [3.63, 3.8) is 0 Å². The molecular weight excluding hydrogens is 1130 g/mol. The first-order valence-electron chi connectivity index (χ1n) is 23.4. The Morgan fingerprint density at radius 3 is 1.57 bits per heavy atom. The molecule has 8 heterocycles. The van der Waals surface area contributed by atoms with Gasteiger partial charge in [0.2, 0.25) is 0 Å². The van der Waals surface area contributed by atoms with Gasteiger partial charge in [-0.15, -0.1) is 20.8 Å². The van der Waals surface area contributed by atoms with Crippen LogP contribution in [0.2, 0.25) is 13.3 Å². The predicted octanol–water partition coefficient (Wildman–Crippen LogP) is 17.0. The average molecular weight is 1180 g/mol. The van der Waals surface area contributed by atoms with Crippen molar-refractivity contribution in [3.8, 4) is 32.7 Å². The van der Waals surface area contributed by atoms with Crippen LogP contribution < -0.4 is 12.9 Å². The monoisotopic (exact) mass is 1180 g/mol. The summed E-state index contributed by atoms with van der Waals surface area (Å²) in [4.78, 5) is 23.0. The van der Waals surface area contributed by atoms with Crippen LogP contribution in [0.25, 0.3) is 54.8 Å². The van der Waals surface area contributed by atoms with Gasteiger partial charge >= 0.3 is 123 Å². The van der Waals surface area contributed by atoms with Crippen LogP contribution >= 0.6 is 62.7 Å². The van der Waals surface area contributed by atoms with Crippen LogP contribution in [0.5, 0.6) is 0 Å². The summed E-state index contributed by atoms with van der Waals surface area (Å²) in [6.45, 7) is 7.06. The van der Waals surface area contributed by atoms with Gasteiger partial charge in [0.25, 0.3) is 0 Å². The fraction of sp³-hybridized carbons (Fsp3) is 0.222. The third-order valence-corrected chi connectivity index (χ3v) is 33.5. The Balaban J connectivity index is 0.000000145. The third-order valence-electron chi connectivity index (χ3n) is 11.7. The molecule has 10 aromatic rings. The van der Waals surface area contributed by atoms with E-state index in [4.69, 9.17) is 27.5 Å². The van der Waals surface area contributed by atoms with E-state index in [0.29, 0.717) is 11.3 Å². The van der Waals surface area contributed by atoms with E-state index in [-0.39, 0.29) is 0 Å². The first-order valence-corrected chi connectivity index (χ1v) is 34.9. The fourth-order valence-electron chi connectivity index (χ4n) is 8.12. The van der Waals surface area contributed by atoms with E-state index in [2.05, 4.69) is 93.0 Å². The molecule has 0 saturated heterocycles. The minimum Gasteiger partial charge on any atom is -0.472 e. The summed E-state index contributed by atoms with van der Waals surface area (Å²) < 4.78 is 31.7. The molecule has 0 unspecified atom stereocenters. The van der Waals surface area contributed by atoms with E-state index >= 15 is 0 Å². The van der Waals surface area contributed by atoms with Crippen molar-refractivity contribution < 1.29 is 27.5 Å². The number of furan rings is 2. The van der Waals surface area contributed by atoms with E-state index in [9.17, 15) is 0 Å². The molecule has 2 aromatic carbocycles. The zero-order valence-corrected chi connectivity index (χ0v) is 47.0. The second-order valence-corrected chi connectivity index (χ2v) is 35.0. The standard InChI is InChI=1S/C21H14N2O3S2.C17H11BrN2O3S.C4H3S.3C4H9.Sn/c1-2-5-17(6-3-1)28-26-25-23-13-19(15-8-9-24-14-15)18-11-16(12-22-21(18)23)20-7-4-10-27-20;18-13-8-15-16(12-6-7-21-11-12)10-20(17(15)19-9-13)22-23-24-14-4-2-1-3-5-14;1-2-4-5-3-1;3*1-3-4-2;/h1-14H;1-11H;1-3H;3*1,3-4H2,2H3;. The van der Waals surface area contributed by atoms with Gasteiger partial charge in [0, 0.05) is 70.1 Å². The minimum absolute atomic E-state index is 0.656. The maximum atomic E-state index is 5.52. The second-order valence-electron chi connectivity index (χ2n) is 16.5. The SMILES string of the molecule is Brc1cnc2c(c1)c(-c1ccoc1)cn2OOSc1ccccc1.CCC[CH2][Sn]([CH2]CCC)([CH2]CCC)[c]1cccs1.c1ccc(SOOn2cc(-c3ccoc3)c3cc(-c4cccs4)cnc32)cc1. The van der Waals surface area contributed by atoms with E-state index in [1.54, 1.807) is 55.9 Å². The van der Waals surface area contributed by atoms with Crippen molar-refractivity contribution in [1.82, 2.24) is 19.4 Å². The molecule has 0 bridgehead atoms. The van der Waals surface area contributed by atoms with E-state index < -0.39 is 18.4 Å². The molecule has 0 aliphatic heterocycles. The first kappa shape index (κ1) is 51.6. The number of hydrogen-bond donors (Lipinski definition) is 0. The van der Waals surface area contributed by atoms with Gasteiger partial charge in [-0.1, -0.05) is 51.1 Å². The van der Waals surface area contributed by atoms with Gasteiger partial charge in [0.15, 0.2) is 11.3 Å². The Morgan fingerprint density at radius 1 is 0.586 bits per heavy atom. The van der Waals surface area contributed by atoms with Crippen molar-refractivity contribution in [2.24, 2.45) is 0 Å². The number of unbranched alkanes of at least 4 members (excludes halogenated alkanes) is 3. The first-order chi connectivity index (χ1) is 34.5. The Morgan fingerprint density at radius 2 is 1.10 bits per heavy atom. The molecule has 0 spiro atoms. The molecule has 0 saturated carbocycles. The number of fused-ring (bicyclic) bond motifs is 2. The van der Waals surface area contributed by atoms with Gasteiger partial charge in [-0.05, 0) is 75.9 Å².